The lowest BCUT2D eigenvalue weighted by Gasteiger charge is -2.31. The first-order chi connectivity index (χ1) is 12.7. The SMILES string of the molecule is CNc1nc(NC2(C#N)CCCCC2)nc(-n2nnc3ccccc32)n1. The van der Waals surface area contributed by atoms with Crippen LogP contribution < -0.4 is 10.6 Å². The zero-order valence-corrected chi connectivity index (χ0v) is 14.5. The van der Waals surface area contributed by atoms with Crippen LogP contribution in [0.25, 0.3) is 17.0 Å². The fourth-order valence-corrected chi connectivity index (χ4v) is 3.28. The van der Waals surface area contributed by atoms with Crippen molar-refractivity contribution in [1.82, 2.24) is 29.9 Å². The molecule has 0 saturated heterocycles. The number of nitriles is 1. The van der Waals surface area contributed by atoms with Crippen LogP contribution in [0.5, 0.6) is 0 Å². The second kappa shape index (κ2) is 6.55. The van der Waals surface area contributed by atoms with Gasteiger partial charge in [0.05, 0.1) is 11.6 Å². The van der Waals surface area contributed by atoms with Gasteiger partial charge in [-0.25, -0.2) is 0 Å². The molecule has 2 N–H and O–H groups in total. The molecule has 0 radical (unpaired) electrons. The predicted octanol–water partition coefficient (Wildman–Crippen LogP) is 2.29. The summed E-state index contributed by atoms with van der Waals surface area (Å²) in [6.45, 7) is 0. The maximum absolute atomic E-state index is 9.70. The Morgan fingerprint density at radius 3 is 2.62 bits per heavy atom. The lowest BCUT2D eigenvalue weighted by atomic mass is 9.83. The maximum Gasteiger partial charge on any atom is 0.259 e. The molecule has 1 aromatic carbocycles. The van der Waals surface area contributed by atoms with Crippen molar-refractivity contribution in [2.45, 2.75) is 37.6 Å². The average Bonchev–Trinajstić information content (AvgIpc) is 3.12. The molecule has 2 aromatic heterocycles. The summed E-state index contributed by atoms with van der Waals surface area (Å²) in [4.78, 5) is 13.3. The van der Waals surface area contributed by atoms with Crippen molar-refractivity contribution in [3.63, 3.8) is 0 Å². The molecule has 0 amide bonds. The Bertz CT molecular complexity index is 966. The number of aromatic nitrogens is 6. The van der Waals surface area contributed by atoms with Gasteiger partial charge >= 0.3 is 0 Å². The van der Waals surface area contributed by atoms with Gasteiger partial charge in [-0.3, -0.25) is 0 Å². The van der Waals surface area contributed by atoms with Crippen molar-refractivity contribution >= 4 is 22.9 Å². The highest BCUT2D eigenvalue weighted by Gasteiger charge is 2.33. The molecule has 3 aromatic rings. The first-order valence-electron chi connectivity index (χ1n) is 8.67. The van der Waals surface area contributed by atoms with Gasteiger partial charge in [-0.2, -0.15) is 24.9 Å². The second-order valence-electron chi connectivity index (χ2n) is 6.40. The van der Waals surface area contributed by atoms with E-state index in [1.807, 2.05) is 24.3 Å². The smallest absolute Gasteiger partial charge is 0.259 e. The molecule has 132 valence electrons. The second-order valence-corrected chi connectivity index (χ2v) is 6.40. The third kappa shape index (κ3) is 2.90. The van der Waals surface area contributed by atoms with E-state index in [1.165, 1.54) is 0 Å². The van der Waals surface area contributed by atoms with E-state index in [2.05, 4.69) is 42.0 Å². The van der Waals surface area contributed by atoms with Crippen LogP contribution >= 0.6 is 0 Å². The minimum absolute atomic E-state index is 0.351. The molecule has 1 saturated carbocycles. The summed E-state index contributed by atoms with van der Waals surface area (Å²) in [6.07, 6.45) is 4.76. The summed E-state index contributed by atoms with van der Waals surface area (Å²) >= 11 is 0. The summed E-state index contributed by atoms with van der Waals surface area (Å²) in [7, 11) is 1.74. The fourth-order valence-electron chi connectivity index (χ4n) is 3.28. The summed E-state index contributed by atoms with van der Waals surface area (Å²) in [5, 5.41) is 24.2. The van der Waals surface area contributed by atoms with Gasteiger partial charge in [0.1, 0.15) is 11.1 Å². The van der Waals surface area contributed by atoms with Gasteiger partial charge in [0.15, 0.2) is 0 Å². The Kier molecular flexibility index (Phi) is 4.08. The van der Waals surface area contributed by atoms with Crippen LogP contribution in [0.3, 0.4) is 0 Å². The van der Waals surface area contributed by atoms with E-state index in [1.54, 1.807) is 11.7 Å². The summed E-state index contributed by atoms with van der Waals surface area (Å²) in [5.41, 5.74) is 0.931. The molecule has 0 unspecified atom stereocenters. The number of hydrogen-bond acceptors (Lipinski definition) is 8. The fraction of sp³-hybridized carbons (Fsp3) is 0.412. The molecule has 9 nitrogen and oxygen atoms in total. The van der Waals surface area contributed by atoms with Crippen LogP contribution in [0.1, 0.15) is 32.1 Å². The number of para-hydroxylation sites is 1. The number of hydrogen-bond donors (Lipinski definition) is 2. The van der Waals surface area contributed by atoms with E-state index in [4.69, 9.17) is 0 Å². The highest BCUT2D eigenvalue weighted by atomic mass is 15.5. The van der Waals surface area contributed by atoms with E-state index < -0.39 is 5.54 Å². The van der Waals surface area contributed by atoms with Crippen molar-refractivity contribution in [2.75, 3.05) is 17.7 Å². The quantitative estimate of drug-likeness (QED) is 0.736. The molecule has 1 fully saturated rings. The van der Waals surface area contributed by atoms with Crippen molar-refractivity contribution in [3.05, 3.63) is 24.3 Å². The topological polar surface area (TPSA) is 117 Å². The third-order valence-electron chi connectivity index (χ3n) is 4.66. The van der Waals surface area contributed by atoms with Crippen LogP contribution in [0.2, 0.25) is 0 Å². The number of fused-ring (bicyclic) bond motifs is 1. The van der Waals surface area contributed by atoms with Crippen LogP contribution in [-0.4, -0.2) is 42.5 Å². The van der Waals surface area contributed by atoms with Crippen LogP contribution in [-0.2, 0) is 0 Å². The van der Waals surface area contributed by atoms with E-state index in [0.29, 0.717) is 17.8 Å². The molecule has 0 spiro atoms. The Hall–Kier alpha value is -3.28. The molecule has 9 heteroatoms. The summed E-state index contributed by atoms with van der Waals surface area (Å²) < 4.78 is 1.57. The molecule has 0 atom stereocenters. The Morgan fingerprint density at radius 1 is 1.08 bits per heavy atom. The van der Waals surface area contributed by atoms with Gasteiger partial charge in [0, 0.05) is 7.05 Å². The van der Waals surface area contributed by atoms with Gasteiger partial charge in [-0.15, -0.1) is 5.10 Å². The van der Waals surface area contributed by atoms with Gasteiger partial charge in [0.25, 0.3) is 5.95 Å². The van der Waals surface area contributed by atoms with Crippen molar-refractivity contribution in [3.8, 4) is 12.0 Å². The lowest BCUT2D eigenvalue weighted by molar-refractivity contribution is 0.390. The highest BCUT2D eigenvalue weighted by Crippen LogP contribution is 2.30. The Morgan fingerprint density at radius 2 is 1.85 bits per heavy atom. The Balaban J connectivity index is 1.75. The van der Waals surface area contributed by atoms with Crippen LogP contribution in [0.15, 0.2) is 24.3 Å². The Labute approximate surface area is 150 Å². The molecule has 1 aliphatic carbocycles. The molecule has 1 aliphatic rings. The van der Waals surface area contributed by atoms with Gasteiger partial charge < -0.3 is 10.6 Å². The molecule has 4 rings (SSSR count). The molecular formula is C17H19N9. The largest absolute Gasteiger partial charge is 0.357 e. The standard InChI is InChI=1S/C17H19N9/c1-19-14-20-15(23-17(11-18)9-5-2-6-10-17)22-16(21-14)26-13-8-4-3-7-12(13)24-25-26/h3-4,7-8H,2,5-6,9-10H2,1H3,(H2,19,20,21,22,23). The number of nitrogens with one attached hydrogen (secondary N) is 2. The predicted molar refractivity (Wildman–Crippen MR) is 96.8 cm³/mol. The van der Waals surface area contributed by atoms with Gasteiger partial charge in [-0.1, -0.05) is 36.6 Å². The molecule has 2 heterocycles. The lowest BCUT2D eigenvalue weighted by Crippen LogP contribution is -2.39. The summed E-state index contributed by atoms with van der Waals surface area (Å²) in [6, 6.07) is 10.0. The molecule has 26 heavy (non-hydrogen) atoms. The van der Waals surface area contributed by atoms with E-state index in [9.17, 15) is 5.26 Å². The molecular weight excluding hydrogens is 330 g/mol. The minimum atomic E-state index is -0.633. The summed E-state index contributed by atoms with van der Waals surface area (Å²) in [5.74, 6) is 1.12. The normalized spacial score (nSPS) is 16.2. The minimum Gasteiger partial charge on any atom is -0.357 e. The maximum atomic E-state index is 9.70. The monoisotopic (exact) mass is 349 g/mol. The first-order valence-corrected chi connectivity index (χ1v) is 8.67. The van der Waals surface area contributed by atoms with Crippen molar-refractivity contribution in [1.29, 1.82) is 5.26 Å². The van der Waals surface area contributed by atoms with Crippen LogP contribution in [0.4, 0.5) is 11.9 Å². The van der Waals surface area contributed by atoms with Gasteiger partial charge in [0.2, 0.25) is 11.9 Å². The van der Waals surface area contributed by atoms with Crippen molar-refractivity contribution in [2.24, 2.45) is 0 Å². The third-order valence-corrected chi connectivity index (χ3v) is 4.66. The number of nitrogens with zero attached hydrogens (tertiary/aromatic N) is 7. The van der Waals surface area contributed by atoms with E-state index in [0.717, 1.165) is 43.1 Å². The number of benzene rings is 1. The van der Waals surface area contributed by atoms with E-state index in [-0.39, 0.29) is 0 Å². The molecule has 0 aliphatic heterocycles. The van der Waals surface area contributed by atoms with Gasteiger partial charge in [-0.05, 0) is 25.0 Å². The van der Waals surface area contributed by atoms with Crippen LogP contribution in [0, 0.1) is 11.3 Å². The zero-order valence-electron chi connectivity index (χ0n) is 14.5. The van der Waals surface area contributed by atoms with E-state index >= 15 is 0 Å². The first kappa shape index (κ1) is 16.2. The van der Waals surface area contributed by atoms with Crippen molar-refractivity contribution < 1.29 is 0 Å². The molecule has 0 bridgehead atoms. The number of rotatable bonds is 4. The average molecular weight is 349 g/mol. The zero-order chi connectivity index (χ0) is 18.0. The number of anilines is 2. The highest BCUT2D eigenvalue weighted by molar-refractivity contribution is 5.75.